The number of rotatable bonds is 2. The van der Waals surface area contributed by atoms with Gasteiger partial charge in [-0.05, 0) is 18.6 Å². The van der Waals surface area contributed by atoms with Gasteiger partial charge in [0.25, 0.3) is 0 Å². The van der Waals surface area contributed by atoms with Gasteiger partial charge in [0.15, 0.2) is 11.5 Å². The monoisotopic (exact) mass is 251 g/mol. The molecule has 3 rings (SSSR count). The third kappa shape index (κ3) is 1.65. The minimum atomic E-state index is -0.825. The predicted octanol–water partition coefficient (Wildman–Crippen LogP) is 0.856. The Hall–Kier alpha value is -1.95. The number of carbonyl (C=O) groups is 1. The van der Waals surface area contributed by atoms with Crippen LogP contribution in [-0.4, -0.2) is 29.5 Å². The highest BCUT2D eigenvalue weighted by Crippen LogP contribution is 2.46. The molecule has 1 aromatic carbocycles. The molecule has 0 saturated carbocycles. The molecule has 0 spiro atoms. The fourth-order valence-electron chi connectivity index (χ4n) is 2.46. The van der Waals surface area contributed by atoms with Gasteiger partial charge >= 0.3 is 5.97 Å². The molecule has 2 heterocycles. The molecule has 18 heavy (non-hydrogen) atoms. The van der Waals surface area contributed by atoms with Crippen molar-refractivity contribution < 1.29 is 24.5 Å². The van der Waals surface area contributed by atoms with Gasteiger partial charge in [-0.3, -0.25) is 4.79 Å². The average molecular weight is 251 g/mol. The summed E-state index contributed by atoms with van der Waals surface area (Å²) in [6.45, 7) is 0.519. The summed E-state index contributed by atoms with van der Waals surface area (Å²) in [5.41, 5.74) is 0.591. The largest absolute Gasteiger partial charge is 0.507 e. The smallest absolute Gasteiger partial charge is 0.307 e. The predicted molar refractivity (Wildman–Crippen MR) is 60.7 cm³/mol. The Morgan fingerprint density at radius 3 is 2.94 bits per heavy atom. The first-order valence-corrected chi connectivity index (χ1v) is 5.74. The number of phenols is 1. The van der Waals surface area contributed by atoms with E-state index in [4.69, 9.17) is 14.6 Å². The molecule has 6 heteroatoms. The van der Waals surface area contributed by atoms with Crippen LogP contribution in [0.15, 0.2) is 12.1 Å². The molecular formula is C12H13NO5. The summed E-state index contributed by atoms with van der Waals surface area (Å²) in [5, 5.41) is 22.0. The molecule has 0 aromatic heterocycles. The molecule has 6 nitrogen and oxygen atoms in total. The highest BCUT2D eigenvalue weighted by atomic mass is 16.7. The van der Waals surface area contributed by atoms with E-state index in [2.05, 4.69) is 5.32 Å². The zero-order chi connectivity index (χ0) is 12.7. The lowest BCUT2D eigenvalue weighted by atomic mass is 9.98. The lowest BCUT2D eigenvalue weighted by Gasteiger charge is -2.14. The van der Waals surface area contributed by atoms with Crippen molar-refractivity contribution in [3.8, 4) is 17.2 Å². The van der Waals surface area contributed by atoms with Gasteiger partial charge in [0.2, 0.25) is 6.79 Å². The van der Waals surface area contributed by atoms with Crippen molar-refractivity contribution in [3.05, 3.63) is 17.7 Å². The first-order valence-electron chi connectivity index (χ1n) is 5.74. The maximum Gasteiger partial charge on any atom is 0.307 e. The second-order valence-electron chi connectivity index (χ2n) is 4.46. The van der Waals surface area contributed by atoms with Crippen LogP contribution in [0.3, 0.4) is 0 Å². The van der Waals surface area contributed by atoms with Crippen molar-refractivity contribution in [2.24, 2.45) is 5.92 Å². The maximum absolute atomic E-state index is 10.9. The van der Waals surface area contributed by atoms with E-state index in [0.717, 1.165) is 0 Å². The molecule has 2 aliphatic rings. The topological polar surface area (TPSA) is 88.0 Å². The third-order valence-corrected chi connectivity index (χ3v) is 3.38. The summed E-state index contributed by atoms with van der Waals surface area (Å²) >= 11 is 0. The van der Waals surface area contributed by atoms with Crippen molar-refractivity contribution in [2.45, 2.75) is 12.5 Å². The second-order valence-corrected chi connectivity index (χ2v) is 4.46. The molecule has 0 bridgehead atoms. The van der Waals surface area contributed by atoms with Gasteiger partial charge in [0.05, 0.1) is 11.5 Å². The average Bonchev–Trinajstić information content (AvgIpc) is 2.95. The van der Waals surface area contributed by atoms with Gasteiger partial charge in [0.1, 0.15) is 5.75 Å². The number of aliphatic carboxylic acids is 1. The summed E-state index contributed by atoms with van der Waals surface area (Å²) in [7, 11) is 0. The molecule has 0 amide bonds. The van der Waals surface area contributed by atoms with Gasteiger partial charge in [-0.15, -0.1) is 0 Å². The molecule has 1 fully saturated rings. The molecule has 96 valence electrons. The quantitative estimate of drug-likeness (QED) is 0.722. The summed E-state index contributed by atoms with van der Waals surface area (Å²) in [5.74, 6) is -0.0634. The minimum Gasteiger partial charge on any atom is -0.507 e. The Kier molecular flexibility index (Phi) is 2.52. The van der Waals surface area contributed by atoms with Crippen molar-refractivity contribution >= 4 is 5.97 Å². The van der Waals surface area contributed by atoms with Crippen LogP contribution in [0.4, 0.5) is 0 Å². The highest BCUT2D eigenvalue weighted by molar-refractivity contribution is 5.71. The van der Waals surface area contributed by atoms with Crippen LogP contribution < -0.4 is 14.8 Å². The van der Waals surface area contributed by atoms with E-state index in [1.807, 2.05) is 0 Å². The Labute approximate surface area is 103 Å². The number of carboxylic acid groups (broad SMARTS) is 1. The Morgan fingerprint density at radius 2 is 2.22 bits per heavy atom. The maximum atomic E-state index is 10.9. The summed E-state index contributed by atoms with van der Waals surface area (Å²) in [4.78, 5) is 10.9. The van der Waals surface area contributed by atoms with E-state index in [-0.39, 0.29) is 18.6 Å². The zero-order valence-corrected chi connectivity index (χ0v) is 9.55. The third-order valence-electron chi connectivity index (χ3n) is 3.38. The number of nitrogens with one attached hydrogen (secondary N) is 1. The summed E-state index contributed by atoms with van der Waals surface area (Å²) in [6, 6.07) is 2.96. The Balaban J connectivity index is 1.94. The molecule has 1 aromatic rings. The number of carboxylic acids is 1. The van der Waals surface area contributed by atoms with Crippen molar-refractivity contribution in [1.82, 2.24) is 5.32 Å². The van der Waals surface area contributed by atoms with Gasteiger partial charge in [-0.25, -0.2) is 0 Å². The lowest BCUT2D eigenvalue weighted by Crippen LogP contribution is -2.17. The van der Waals surface area contributed by atoms with E-state index in [1.165, 1.54) is 0 Å². The fourth-order valence-corrected chi connectivity index (χ4v) is 2.46. The molecule has 2 atom stereocenters. The molecule has 1 saturated heterocycles. The lowest BCUT2D eigenvalue weighted by molar-refractivity contribution is -0.141. The molecule has 0 aliphatic carbocycles. The minimum absolute atomic E-state index is 0.0998. The normalized spacial score (nSPS) is 25.3. The SMILES string of the molecule is O=C(O)C1CNC(c2c(O)ccc3c2OCO3)C1. The van der Waals surface area contributed by atoms with Gasteiger partial charge in [0, 0.05) is 12.6 Å². The number of hydrogen-bond acceptors (Lipinski definition) is 5. The number of ether oxygens (including phenoxy) is 2. The molecular weight excluding hydrogens is 238 g/mol. The van der Waals surface area contributed by atoms with E-state index >= 15 is 0 Å². The Bertz CT molecular complexity index is 501. The van der Waals surface area contributed by atoms with Crippen LogP contribution in [0.2, 0.25) is 0 Å². The number of benzene rings is 1. The van der Waals surface area contributed by atoms with E-state index in [0.29, 0.717) is 30.0 Å². The van der Waals surface area contributed by atoms with Crippen LogP contribution >= 0.6 is 0 Å². The summed E-state index contributed by atoms with van der Waals surface area (Å²) in [6.07, 6.45) is 0.433. The van der Waals surface area contributed by atoms with Crippen LogP contribution in [-0.2, 0) is 4.79 Å². The van der Waals surface area contributed by atoms with Crippen LogP contribution in [0, 0.1) is 5.92 Å². The van der Waals surface area contributed by atoms with Crippen molar-refractivity contribution in [1.29, 1.82) is 0 Å². The first kappa shape index (κ1) is 11.2. The number of aromatic hydroxyl groups is 1. The van der Waals surface area contributed by atoms with Crippen LogP contribution in [0.5, 0.6) is 17.2 Å². The number of hydrogen-bond donors (Lipinski definition) is 3. The number of phenolic OH excluding ortho intramolecular Hbond substituents is 1. The van der Waals surface area contributed by atoms with Crippen molar-refractivity contribution in [2.75, 3.05) is 13.3 Å². The summed E-state index contributed by atoms with van der Waals surface area (Å²) < 4.78 is 10.6. The molecule has 0 radical (unpaired) electrons. The van der Waals surface area contributed by atoms with Gasteiger partial charge in [-0.2, -0.15) is 0 Å². The van der Waals surface area contributed by atoms with Crippen molar-refractivity contribution in [3.63, 3.8) is 0 Å². The van der Waals surface area contributed by atoms with E-state index < -0.39 is 11.9 Å². The van der Waals surface area contributed by atoms with Gasteiger partial charge in [-0.1, -0.05) is 0 Å². The fraction of sp³-hybridized carbons (Fsp3) is 0.417. The van der Waals surface area contributed by atoms with E-state index in [1.54, 1.807) is 12.1 Å². The first-order chi connectivity index (χ1) is 8.66. The van der Waals surface area contributed by atoms with Gasteiger partial charge < -0.3 is 25.0 Å². The van der Waals surface area contributed by atoms with E-state index in [9.17, 15) is 9.90 Å². The molecule has 3 N–H and O–H groups in total. The molecule has 2 unspecified atom stereocenters. The molecule has 2 aliphatic heterocycles. The zero-order valence-electron chi connectivity index (χ0n) is 9.55. The van der Waals surface area contributed by atoms with Crippen LogP contribution in [0.1, 0.15) is 18.0 Å². The highest BCUT2D eigenvalue weighted by Gasteiger charge is 2.35. The Morgan fingerprint density at radius 1 is 1.39 bits per heavy atom. The number of fused-ring (bicyclic) bond motifs is 1. The standard InChI is InChI=1S/C12H13NO5/c14-8-1-2-9-11(18-5-17-9)10(8)7-3-6(4-13-7)12(15)16/h1-2,6-7,13-14H,3-5H2,(H,15,16). The van der Waals surface area contributed by atoms with Crippen LogP contribution in [0.25, 0.3) is 0 Å². The second kappa shape index (κ2) is 4.06.